The molecule has 2 fully saturated rings. The van der Waals surface area contributed by atoms with Crippen LogP contribution in [0.5, 0.6) is 0 Å². The Morgan fingerprint density at radius 2 is 2.24 bits per heavy atom. The second-order valence-electron chi connectivity index (χ2n) is 4.61. The number of likely N-dealkylation sites (N-methyl/N-ethyl adjacent to an activating group) is 1. The molecule has 17 heavy (non-hydrogen) atoms. The monoisotopic (exact) mass is 242 g/mol. The average molecular weight is 242 g/mol. The van der Waals surface area contributed by atoms with E-state index in [2.05, 4.69) is 5.32 Å². The minimum absolute atomic E-state index is 0.0903. The maximum atomic E-state index is 11.9. The predicted octanol–water partition coefficient (Wildman–Crippen LogP) is 0.00230. The van der Waals surface area contributed by atoms with Crippen LogP contribution in [0, 0.1) is 0 Å². The predicted molar refractivity (Wildman–Crippen MR) is 63.8 cm³/mol. The first kappa shape index (κ1) is 12.8. The molecule has 1 saturated carbocycles. The number of hydrogen-bond acceptors (Lipinski definition) is 4. The van der Waals surface area contributed by atoms with E-state index in [1.54, 1.807) is 0 Å². The van der Waals surface area contributed by atoms with Gasteiger partial charge in [0.2, 0.25) is 5.91 Å². The first-order chi connectivity index (χ1) is 8.31. The Bertz CT molecular complexity index is 250. The first-order valence-corrected chi connectivity index (χ1v) is 6.50. The molecule has 1 heterocycles. The van der Waals surface area contributed by atoms with Crippen LogP contribution in [-0.4, -0.2) is 62.4 Å². The molecule has 1 amide bonds. The number of ether oxygens (including phenoxy) is 2. The molecule has 0 spiro atoms. The number of hydrogen-bond donors (Lipinski definition) is 1. The summed E-state index contributed by atoms with van der Waals surface area (Å²) in [4.78, 5) is 13.9. The summed E-state index contributed by atoms with van der Waals surface area (Å²) in [5.41, 5.74) is 0. The third-order valence-electron chi connectivity index (χ3n) is 3.18. The number of carbonyl (C=O) groups excluding carboxylic acids is 1. The Morgan fingerprint density at radius 1 is 1.41 bits per heavy atom. The molecule has 0 bridgehead atoms. The van der Waals surface area contributed by atoms with Crippen molar-refractivity contribution >= 4 is 5.91 Å². The molecular weight excluding hydrogens is 220 g/mol. The second-order valence-corrected chi connectivity index (χ2v) is 4.61. The molecule has 98 valence electrons. The molecule has 1 unspecified atom stereocenters. The summed E-state index contributed by atoms with van der Waals surface area (Å²) in [7, 11) is 0. The Balaban J connectivity index is 1.61. The molecule has 1 N–H and O–H groups in total. The molecule has 2 rings (SSSR count). The number of rotatable bonds is 6. The number of nitrogens with zero attached hydrogens (tertiary/aromatic N) is 1. The quantitative estimate of drug-likeness (QED) is 0.712. The van der Waals surface area contributed by atoms with Crippen molar-refractivity contribution in [3.63, 3.8) is 0 Å². The Morgan fingerprint density at radius 3 is 2.82 bits per heavy atom. The molecule has 1 aliphatic carbocycles. The molecule has 0 aromatic carbocycles. The zero-order valence-electron chi connectivity index (χ0n) is 10.5. The van der Waals surface area contributed by atoms with Crippen molar-refractivity contribution in [3.8, 4) is 0 Å². The highest BCUT2D eigenvalue weighted by molar-refractivity contribution is 5.78. The zero-order valence-corrected chi connectivity index (χ0v) is 10.5. The zero-order chi connectivity index (χ0) is 12.1. The van der Waals surface area contributed by atoms with Crippen LogP contribution in [-0.2, 0) is 14.3 Å². The van der Waals surface area contributed by atoms with E-state index in [-0.39, 0.29) is 12.0 Å². The summed E-state index contributed by atoms with van der Waals surface area (Å²) >= 11 is 0. The molecular formula is C12H22N2O3. The minimum Gasteiger partial charge on any atom is -0.376 e. The fourth-order valence-electron chi connectivity index (χ4n) is 2.12. The number of nitrogens with one attached hydrogen (secondary N) is 1. The van der Waals surface area contributed by atoms with E-state index >= 15 is 0 Å². The highest BCUT2D eigenvalue weighted by Gasteiger charge is 2.30. The van der Waals surface area contributed by atoms with Crippen LogP contribution in [0.2, 0.25) is 0 Å². The van der Waals surface area contributed by atoms with E-state index in [0.29, 0.717) is 39.0 Å². The highest BCUT2D eigenvalue weighted by atomic mass is 16.6. The van der Waals surface area contributed by atoms with Crippen molar-refractivity contribution < 1.29 is 14.3 Å². The van der Waals surface area contributed by atoms with Gasteiger partial charge < -0.3 is 19.7 Å². The van der Waals surface area contributed by atoms with E-state index in [1.807, 2.05) is 11.8 Å². The number of carbonyl (C=O) groups is 1. The van der Waals surface area contributed by atoms with Crippen molar-refractivity contribution in [1.29, 1.82) is 0 Å². The fourth-order valence-corrected chi connectivity index (χ4v) is 2.12. The van der Waals surface area contributed by atoms with Crippen LogP contribution in [0.25, 0.3) is 0 Å². The van der Waals surface area contributed by atoms with Crippen molar-refractivity contribution in [2.75, 3.05) is 39.5 Å². The second kappa shape index (κ2) is 6.33. The van der Waals surface area contributed by atoms with Gasteiger partial charge in [-0.2, -0.15) is 0 Å². The summed E-state index contributed by atoms with van der Waals surface area (Å²) in [6, 6.07) is 0.503. The van der Waals surface area contributed by atoms with Gasteiger partial charge in [0.25, 0.3) is 0 Å². The minimum atomic E-state index is 0.0903. The Hall–Kier alpha value is -0.650. The lowest BCUT2D eigenvalue weighted by Gasteiger charge is -2.24. The van der Waals surface area contributed by atoms with E-state index in [0.717, 1.165) is 6.54 Å². The Kier molecular flexibility index (Phi) is 4.76. The Labute approximate surface area is 102 Å². The lowest BCUT2D eigenvalue weighted by atomic mass is 10.3. The molecule has 0 aromatic heterocycles. The van der Waals surface area contributed by atoms with Gasteiger partial charge in [-0.25, -0.2) is 0 Å². The van der Waals surface area contributed by atoms with Crippen molar-refractivity contribution in [2.24, 2.45) is 0 Å². The van der Waals surface area contributed by atoms with Gasteiger partial charge in [-0.1, -0.05) is 0 Å². The van der Waals surface area contributed by atoms with Gasteiger partial charge in [-0.3, -0.25) is 4.79 Å². The van der Waals surface area contributed by atoms with Crippen molar-refractivity contribution in [1.82, 2.24) is 10.2 Å². The molecule has 1 aliphatic heterocycles. The summed E-state index contributed by atoms with van der Waals surface area (Å²) < 4.78 is 10.8. The van der Waals surface area contributed by atoms with Gasteiger partial charge >= 0.3 is 0 Å². The molecule has 0 aromatic rings. The van der Waals surface area contributed by atoms with Gasteiger partial charge in [0.15, 0.2) is 0 Å². The van der Waals surface area contributed by atoms with E-state index in [4.69, 9.17) is 9.47 Å². The topological polar surface area (TPSA) is 50.8 Å². The van der Waals surface area contributed by atoms with Crippen LogP contribution in [0.4, 0.5) is 0 Å². The van der Waals surface area contributed by atoms with E-state index in [9.17, 15) is 4.79 Å². The lowest BCUT2D eigenvalue weighted by molar-refractivity contribution is -0.131. The maximum Gasteiger partial charge on any atom is 0.236 e. The average Bonchev–Trinajstić information content (AvgIpc) is 3.16. The van der Waals surface area contributed by atoms with Gasteiger partial charge in [-0.15, -0.1) is 0 Å². The molecule has 2 aliphatic rings. The molecule has 0 radical (unpaired) electrons. The lowest BCUT2D eigenvalue weighted by Crippen LogP contribution is -2.43. The van der Waals surface area contributed by atoms with Gasteiger partial charge in [0.1, 0.15) is 0 Å². The van der Waals surface area contributed by atoms with Crippen LogP contribution >= 0.6 is 0 Å². The summed E-state index contributed by atoms with van der Waals surface area (Å²) in [5, 5.41) is 3.16. The SMILES string of the molecule is CCN(C(=O)CNCC1COCCO1)C1CC1. The van der Waals surface area contributed by atoms with E-state index < -0.39 is 0 Å². The third kappa shape index (κ3) is 3.94. The van der Waals surface area contributed by atoms with Gasteiger partial charge in [-0.05, 0) is 19.8 Å². The standard InChI is InChI=1S/C12H22N2O3/c1-2-14(10-3-4-10)12(15)8-13-7-11-9-16-5-6-17-11/h10-11,13H,2-9H2,1H3. The van der Waals surface area contributed by atoms with Crippen molar-refractivity contribution in [2.45, 2.75) is 31.9 Å². The normalized spacial score (nSPS) is 24.6. The maximum absolute atomic E-state index is 11.9. The summed E-state index contributed by atoms with van der Waals surface area (Å²) in [6.07, 6.45) is 2.42. The van der Waals surface area contributed by atoms with Crippen molar-refractivity contribution in [3.05, 3.63) is 0 Å². The van der Waals surface area contributed by atoms with Crippen LogP contribution in [0.1, 0.15) is 19.8 Å². The molecule has 5 nitrogen and oxygen atoms in total. The highest BCUT2D eigenvalue weighted by Crippen LogP contribution is 2.26. The van der Waals surface area contributed by atoms with Crippen LogP contribution in [0.3, 0.4) is 0 Å². The summed E-state index contributed by atoms with van der Waals surface area (Å²) in [5.74, 6) is 0.201. The largest absolute Gasteiger partial charge is 0.376 e. The number of amides is 1. The van der Waals surface area contributed by atoms with Crippen LogP contribution in [0.15, 0.2) is 0 Å². The first-order valence-electron chi connectivity index (χ1n) is 6.50. The fraction of sp³-hybridized carbons (Fsp3) is 0.917. The molecule has 1 saturated heterocycles. The third-order valence-corrected chi connectivity index (χ3v) is 3.18. The van der Waals surface area contributed by atoms with E-state index in [1.165, 1.54) is 12.8 Å². The van der Waals surface area contributed by atoms with Gasteiger partial charge in [0.05, 0.1) is 32.5 Å². The smallest absolute Gasteiger partial charge is 0.236 e. The van der Waals surface area contributed by atoms with Crippen LogP contribution < -0.4 is 5.32 Å². The molecule has 1 atom stereocenters. The van der Waals surface area contributed by atoms with Gasteiger partial charge in [0, 0.05) is 19.1 Å². The summed E-state index contributed by atoms with van der Waals surface area (Å²) in [6.45, 7) is 5.91. The molecule has 5 heteroatoms.